The monoisotopic (exact) mass is 1010 g/mol. The molecule has 0 spiro atoms. The first-order valence-corrected chi connectivity index (χ1v) is 31.0. The number of nitrogens with zero attached hydrogens (tertiary/aromatic N) is 8. The molecule has 68 heavy (non-hydrogen) atoms. The molecule has 0 saturated heterocycles. The number of halogens is 1. The van der Waals surface area contributed by atoms with Gasteiger partial charge in [0.2, 0.25) is 0 Å². The van der Waals surface area contributed by atoms with Crippen molar-refractivity contribution in [3.05, 3.63) is 129 Å². The van der Waals surface area contributed by atoms with E-state index in [1.54, 1.807) is 31.2 Å². The van der Waals surface area contributed by atoms with Crippen LogP contribution in [0.3, 0.4) is 0 Å². The van der Waals surface area contributed by atoms with E-state index in [1.807, 2.05) is 65.4 Å². The molecule has 0 saturated carbocycles. The highest BCUT2D eigenvalue weighted by atomic mass is 79.9. The van der Waals surface area contributed by atoms with Gasteiger partial charge in [0.1, 0.15) is 23.8 Å². The van der Waals surface area contributed by atoms with Gasteiger partial charge in [-0.2, -0.15) is 15.5 Å². The Balaban J connectivity index is 0.000000245. The molecule has 17 heteroatoms. The predicted octanol–water partition coefficient (Wildman–Crippen LogP) is 11.7. The summed E-state index contributed by atoms with van der Waals surface area (Å²) >= 11 is 3.42. The second-order valence-electron chi connectivity index (χ2n) is 19.3. The van der Waals surface area contributed by atoms with Gasteiger partial charge in [-0.05, 0) is 115 Å². The number of hydrogen-bond donors (Lipinski definition) is 1. The molecule has 0 unspecified atom stereocenters. The number of ketones is 2. The highest BCUT2D eigenvalue weighted by molar-refractivity contribution is 9.10. The fourth-order valence-electron chi connectivity index (χ4n) is 7.15. The summed E-state index contributed by atoms with van der Waals surface area (Å²) in [7, 11) is -2.39. The Labute approximate surface area is 408 Å². The van der Waals surface area contributed by atoms with Crippen LogP contribution in [0.5, 0.6) is 0 Å². The van der Waals surface area contributed by atoms with E-state index < -0.39 is 16.1 Å². The Morgan fingerprint density at radius 1 is 0.706 bits per heavy atom. The van der Waals surface area contributed by atoms with Gasteiger partial charge in [0.05, 0.1) is 34.7 Å². The molecule has 0 aliphatic carbocycles. The number of rotatable bonds is 20. The lowest BCUT2D eigenvalue weighted by molar-refractivity contribution is 0.0785. The minimum Gasteiger partial charge on any atom is -0.361 e. The van der Waals surface area contributed by atoms with Crippen molar-refractivity contribution >= 4 is 54.5 Å². The minimum atomic E-state index is -1.25. The normalized spacial score (nSPS) is 11.6. The first kappa shape index (κ1) is 51.3. The molecule has 7 aromatic rings. The third-order valence-electron chi connectivity index (χ3n) is 11.4. The molecule has 0 fully saturated rings. The average molecular weight is 1020 g/mol. The third-order valence-corrected chi connectivity index (χ3v) is 15.6. The molecule has 4 heterocycles. The van der Waals surface area contributed by atoms with Crippen molar-refractivity contribution in [2.24, 2.45) is 0 Å². The lowest BCUT2D eigenvalue weighted by Crippen LogP contribution is -2.22. The summed E-state index contributed by atoms with van der Waals surface area (Å²) in [5.41, 5.74) is 8.36. The number of fused-ring (bicyclic) bond motifs is 1. The maximum absolute atomic E-state index is 13.5. The summed E-state index contributed by atoms with van der Waals surface area (Å²) in [6.45, 7) is 21.5. The number of nitriles is 2. The van der Waals surface area contributed by atoms with Crippen LogP contribution in [0, 0.1) is 43.4 Å². The van der Waals surface area contributed by atoms with Crippen LogP contribution in [-0.4, -0.2) is 75.2 Å². The zero-order valence-corrected chi connectivity index (χ0v) is 44.1. The quantitative estimate of drug-likeness (QED) is 0.0434. The summed E-state index contributed by atoms with van der Waals surface area (Å²) in [4.78, 5) is 43.1. The van der Waals surface area contributed by atoms with Crippen LogP contribution < -0.4 is 0 Å². The number of aromatic nitrogens is 7. The molecule has 7 rings (SSSR count). The van der Waals surface area contributed by atoms with Crippen LogP contribution in [0.25, 0.3) is 33.7 Å². The third kappa shape index (κ3) is 14.0. The van der Waals surface area contributed by atoms with Crippen molar-refractivity contribution in [3.63, 3.8) is 0 Å². The lowest BCUT2D eigenvalue weighted by Gasteiger charge is -2.16. The van der Waals surface area contributed by atoms with E-state index in [9.17, 15) is 9.59 Å². The van der Waals surface area contributed by atoms with Gasteiger partial charge < -0.3 is 28.1 Å². The number of nitrogens with one attached hydrogen (secondary N) is 1. The number of aryl methyl sites for hydroxylation is 3. The number of hydrogen-bond acceptors (Lipinski definition) is 11. The van der Waals surface area contributed by atoms with Crippen molar-refractivity contribution in [2.45, 2.75) is 111 Å². The van der Waals surface area contributed by atoms with Gasteiger partial charge in [-0.3, -0.25) is 9.59 Å². The van der Waals surface area contributed by atoms with Gasteiger partial charge in [-0.25, -0.2) is 9.97 Å². The fraction of sp³-hybridized carbons (Fsp3) is 0.373. The number of benzene rings is 3. The molecule has 0 bridgehead atoms. The molecular weight excluding hydrogens is 955 g/mol. The highest BCUT2D eigenvalue weighted by Crippen LogP contribution is 2.31. The van der Waals surface area contributed by atoms with Crippen LogP contribution in [0.1, 0.15) is 73.5 Å². The summed E-state index contributed by atoms with van der Waals surface area (Å²) in [5, 5.41) is 22.8. The largest absolute Gasteiger partial charge is 0.361 e. The zero-order chi connectivity index (χ0) is 49.2. The SMILES string of the molecule is Cc1c(Br)nc(C(=O)CCc2ccc(C#N)cc2)n1COCC[Si](C)(C)C.Cc1noc(-c2cc3cc(-c4nc(C(=O)CCc5ccc(C#N)cc5)n(COCC[Si](C)(C)C)c4C)ccc3[nH]2)n1. The van der Waals surface area contributed by atoms with Crippen LogP contribution >= 0.6 is 15.9 Å². The van der Waals surface area contributed by atoms with Crippen molar-refractivity contribution in [3.8, 4) is 35.0 Å². The summed E-state index contributed by atoms with van der Waals surface area (Å²) in [5.74, 6) is 1.78. The highest BCUT2D eigenvalue weighted by Gasteiger charge is 2.23. The molecule has 0 aliphatic heterocycles. The van der Waals surface area contributed by atoms with Crippen molar-refractivity contribution in [1.29, 1.82) is 10.5 Å². The van der Waals surface area contributed by atoms with E-state index in [1.165, 1.54) is 0 Å². The fourth-order valence-corrected chi connectivity index (χ4v) is 9.05. The minimum absolute atomic E-state index is 0.0121. The number of carbonyl (C=O) groups is 2. The first-order valence-electron chi connectivity index (χ1n) is 22.8. The Bertz CT molecular complexity index is 2940. The summed E-state index contributed by atoms with van der Waals surface area (Å²) in [6.07, 6.45) is 1.85. The lowest BCUT2D eigenvalue weighted by atomic mass is 10.1. The van der Waals surface area contributed by atoms with Crippen LogP contribution in [-0.2, 0) is 35.8 Å². The molecule has 4 aromatic heterocycles. The van der Waals surface area contributed by atoms with Gasteiger partial charge in [0, 0.05) is 64.4 Å². The number of ether oxygens (including phenoxy) is 2. The molecule has 1 N–H and O–H groups in total. The number of aromatic amines is 1. The summed E-state index contributed by atoms with van der Waals surface area (Å²) < 4.78 is 21.6. The maximum atomic E-state index is 13.5. The van der Waals surface area contributed by atoms with Gasteiger partial charge in [0.25, 0.3) is 5.89 Å². The average Bonchev–Trinajstić information content (AvgIpc) is 4.09. The number of imidazole rings is 2. The van der Waals surface area contributed by atoms with Crippen LogP contribution in [0.4, 0.5) is 0 Å². The van der Waals surface area contributed by atoms with Crippen LogP contribution in [0.15, 0.2) is 81.9 Å². The zero-order valence-electron chi connectivity index (χ0n) is 40.5. The Kier molecular flexibility index (Phi) is 17.2. The second-order valence-corrected chi connectivity index (χ2v) is 31.3. The standard InChI is InChI=1S/C31H34N6O3Si.C20H26BrN3O2Si/c1-20-29(24-11-12-26-25(16-24)17-27(34-26)31-33-21(2)36-40-31)35-30(37(20)19-39-14-15-41(3,4)5)28(38)13-10-22-6-8-23(18-32)9-7-22;1-15-19(21)23-20(24(15)14-26-11-12-27(2,3)4)18(25)10-9-16-5-7-17(13-22)8-6-16/h6-9,11-12,16-17,34H,10,13-15,19H2,1-5H3;5-8H,9-12,14H2,1-4H3. The van der Waals surface area contributed by atoms with E-state index in [0.29, 0.717) is 84.7 Å². The molecule has 0 amide bonds. The maximum Gasteiger partial charge on any atom is 0.274 e. The van der Waals surface area contributed by atoms with Gasteiger partial charge in [0.15, 0.2) is 29.0 Å². The molecular formula is C51H60BrN9O5Si2. The van der Waals surface area contributed by atoms with Crippen molar-refractivity contribution < 1.29 is 23.6 Å². The predicted molar refractivity (Wildman–Crippen MR) is 273 cm³/mol. The Morgan fingerprint density at radius 2 is 1.22 bits per heavy atom. The van der Waals surface area contributed by atoms with Gasteiger partial charge in [-0.15, -0.1) is 0 Å². The van der Waals surface area contributed by atoms with E-state index >= 15 is 0 Å². The molecule has 3 aromatic carbocycles. The van der Waals surface area contributed by atoms with Crippen LogP contribution in [0.2, 0.25) is 51.4 Å². The van der Waals surface area contributed by atoms with E-state index in [-0.39, 0.29) is 18.3 Å². The second kappa shape index (κ2) is 22.8. The first-order chi connectivity index (χ1) is 32.3. The van der Waals surface area contributed by atoms with Gasteiger partial charge in [-0.1, -0.05) is 74.8 Å². The molecule has 354 valence electrons. The van der Waals surface area contributed by atoms with Gasteiger partial charge >= 0.3 is 0 Å². The van der Waals surface area contributed by atoms with Crippen molar-refractivity contribution in [1.82, 2.24) is 34.2 Å². The Hall–Kier alpha value is -6.09. The summed E-state index contributed by atoms with van der Waals surface area (Å²) in [6, 6.07) is 29.0. The number of carbonyl (C=O) groups excluding carboxylic acids is 2. The smallest absolute Gasteiger partial charge is 0.274 e. The Morgan fingerprint density at radius 3 is 1.71 bits per heavy atom. The number of H-pyrrole nitrogens is 1. The number of Topliss-reactive ketones (excluding diaryl/α,β-unsaturated/α-hetero) is 2. The van der Waals surface area contributed by atoms with Crippen molar-refractivity contribution in [2.75, 3.05) is 13.2 Å². The van der Waals surface area contributed by atoms with E-state index in [2.05, 4.69) is 93.5 Å². The van der Waals surface area contributed by atoms with E-state index in [0.717, 1.165) is 62.5 Å². The molecule has 0 aliphatic rings. The topological polar surface area (TPSA) is 191 Å². The molecule has 0 atom stereocenters. The van der Waals surface area contributed by atoms with E-state index in [4.69, 9.17) is 29.5 Å². The molecule has 0 radical (unpaired) electrons. The molecule has 14 nitrogen and oxygen atoms in total.